The van der Waals surface area contributed by atoms with Gasteiger partial charge < -0.3 is 10.2 Å². The summed E-state index contributed by atoms with van der Waals surface area (Å²) < 4.78 is 24.8. The number of carbonyl (C=O) groups is 2. The Hall–Kier alpha value is -2.97. The van der Waals surface area contributed by atoms with E-state index in [0.717, 1.165) is 31.9 Å². The molecule has 11 heteroatoms. The molecule has 1 aromatic heterocycles. The molecule has 1 heterocycles. The highest BCUT2D eigenvalue weighted by Crippen LogP contribution is 2.32. The highest BCUT2D eigenvalue weighted by atomic mass is 32.2. The fraction of sp³-hybridized carbons (Fsp3) is 0.429. The van der Waals surface area contributed by atoms with E-state index in [1.165, 1.54) is 17.8 Å². The molecule has 2 N–H and O–H groups in total. The molecule has 3 rings (SSSR count). The Morgan fingerprint density at radius 1 is 1.22 bits per heavy atom. The third kappa shape index (κ3) is 6.27. The van der Waals surface area contributed by atoms with Crippen molar-refractivity contribution in [3.05, 3.63) is 40.4 Å². The normalized spacial score (nSPS) is 14.4. The third-order valence-corrected chi connectivity index (χ3v) is 6.64. The zero-order valence-electron chi connectivity index (χ0n) is 17.9. The van der Waals surface area contributed by atoms with E-state index in [1.807, 2.05) is 4.72 Å². The number of nitriles is 1. The minimum absolute atomic E-state index is 0.0123. The summed E-state index contributed by atoms with van der Waals surface area (Å²) in [6.45, 7) is 1.64. The summed E-state index contributed by atoms with van der Waals surface area (Å²) in [6, 6.07) is 8.90. The van der Waals surface area contributed by atoms with Gasteiger partial charge in [-0.05, 0) is 44.0 Å². The van der Waals surface area contributed by atoms with Crippen LogP contribution in [0.15, 0.2) is 24.3 Å². The number of sulfonamides is 1. The first-order valence-corrected chi connectivity index (χ1v) is 12.9. The van der Waals surface area contributed by atoms with Gasteiger partial charge in [0.15, 0.2) is 5.13 Å². The predicted molar refractivity (Wildman–Crippen MR) is 122 cm³/mol. The van der Waals surface area contributed by atoms with Crippen LogP contribution in [0.3, 0.4) is 0 Å². The van der Waals surface area contributed by atoms with Gasteiger partial charge in [0.05, 0.1) is 17.9 Å². The molecule has 2 amide bonds. The SMILES string of the molecule is Cc1sc(N(CC(=O)NC2CCCCC2)c2ccc(C#N)cc2)nc1C(=O)NS(C)(=O)=O. The second-order valence-corrected chi connectivity index (χ2v) is 10.7. The highest BCUT2D eigenvalue weighted by Gasteiger charge is 2.24. The zero-order valence-corrected chi connectivity index (χ0v) is 19.6. The number of anilines is 2. The number of hydrogen-bond donors (Lipinski definition) is 2. The van der Waals surface area contributed by atoms with Gasteiger partial charge in [-0.25, -0.2) is 18.1 Å². The zero-order chi connectivity index (χ0) is 23.3. The van der Waals surface area contributed by atoms with Crippen molar-refractivity contribution in [2.45, 2.75) is 45.1 Å². The maximum atomic E-state index is 12.8. The molecular formula is C21H25N5O4S2. The van der Waals surface area contributed by atoms with Crippen molar-refractivity contribution in [2.75, 3.05) is 17.7 Å². The Balaban J connectivity index is 1.88. The smallest absolute Gasteiger partial charge is 0.284 e. The molecule has 1 aromatic carbocycles. The van der Waals surface area contributed by atoms with E-state index in [1.54, 1.807) is 36.1 Å². The van der Waals surface area contributed by atoms with Crippen LogP contribution >= 0.6 is 11.3 Å². The molecule has 0 unspecified atom stereocenters. The lowest BCUT2D eigenvalue weighted by molar-refractivity contribution is -0.120. The minimum atomic E-state index is -3.74. The van der Waals surface area contributed by atoms with Crippen LogP contribution in [0.1, 0.15) is 53.0 Å². The van der Waals surface area contributed by atoms with Crippen LogP contribution in [0.4, 0.5) is 10.8 Å². The number of carbonyl (C=O) groups excluding carboxylic acids is 2. The Labute approximate surface area is 191 Å². The van der Waals surface area contributed by atoms with E-state index in [-0.39, 0.29) is 24.2 Å². The van der Waals surface area contributed by atoms with Crippen molar-refractivity contribution in [1.82, 2.24) is 15.0 Å². The van der Waals surface area contributed by atoms with Crippen LogP contribution in [-0.2, 0) is 14.8 Å². The maximum absolute atomic E-state index is 12.8. The lowest BCUT2D eigenvalue weighted by Gasteiger charge is -2.26. The number of aryl methyl sites for hydroxylation is 1. The molecule has 0 spiro atoms. The summed E-state index contributed by atoms with van der Waals surface area (Å²) in [5.41, 5.74) is 1.09. The predicted octanol–water partition coefficient (Wildman–Crippen LogP) is 2.60. The van der Waals surface area contributed by atoms with Gasteiger partial charge in [-0.1, -0.05) is 19.3 Å². The van der Waals surface area contributed by atoms with E-state index < -0.39 is 15.9 Å². The van der Waals surface area contributed by atoms with Crippen molar-refractivity contribution in [2.24, 2.45) is 0 Å². The molecule has 0 aliphatic heterocycles. The Kier molecular flexibility index (Phi) is 7.48. The molecule has 32 heavy (non-hydrogen) atoms. The third-order valence-electron chi connectivity index (χ3n) is 5.09. The number of aromatic nitrogens is 1. The van der Waals surface area contributed by atoms with Gasteiger partial charge in [-0.3, -0.25) is 9.59 Å². The molecule has 1 fully saturated rings. The Morgan fingerprint density at radius 2 is 1.88 bits per heavy atom. The number of nitrogens with zero attached hydrogens (tertiary/aromatic N) is 3. The summed E-state index contributed by atoms with van der Waals surface area (Å²) in [4.78, 5) is 31.7. The van der Waals surface area contributed by atoms with Crippen LogP contribution in [0.5, 0.6) is 0 Å². The standard InChI is InChI=1S/C21H25N5O4S2/c1-14-19(20(28)25-32(2,29)30)24-21(31-14)26(17-10-8-15(12-22)9-11-17)13-18(27)23-16-6-4-3-5-7-16/h8-11,16H,3-7,13H2,1-2H3,(H,23,27)(H,25,28). The maximum Gasteiger partial charge on any atom is 0.284 e. The number of benzene rings is 1. The molecule has 1 saturated carbocycles. The average Bonchev–Trinajstić information content (AvgIpc) is 3.13. The van der Waals surface area contributed by atoms with Gasteiger partial charge in [0.1, 0.15) is 12.2 Å². The number of rotatable bonds is 7. The van der Waals surface area contributed by atoms with E-state index in [0.29, 0.717) is 21.3 Å². The molecule has 0 bridgehead atoms. The van der Waals surface area contributed by atoms with Crippen LogP contribution in [0, 0.1) is 18.3 Å². The van der Waals surface area contributed by atoms with Gasteiger partial charge >= 0.3 is 0 Å². The number of nitrogens with one attached hydrogen (secondary N) is 2. The summed E-state index contributed by atoms with van der Waals surface area (Å²) in [7, 11) is -3.74. The summed E-state index contributed by atoms with van der Waals surface area (Å²) in [5.74, 6) is -0.991. The Morgan fingerprint density at radius 3 is 2.47 bits per heavy atom. The molecule has 9 nitrogen and oxygen atoms in total. The molecule has 0 atom stereocenters. The monoisotopic (exact) mass is 475 g/mol. The topological polar surface area (TPSA) is 132 Å². The molecule has 1 aliphatic carbocycles. The van der Waals surface area contributed by atoms with Crippen LogP contribution < -0.4 is 14.9 Å². The van der Waals surface area contributed by atoms with Crippen molar-refractivity contribution in [1.29, 1.82) is 5.26 Å². The quantitative estimate of drug-likeness (QED) is 0.629. The largest absolute Gasteiger partial charge is 0.352 e. The first-order chi connectivity index (χ1) is 15.2. The summed E-state index contributed by atoms with van der Waals surface area (Å²) in [5, 5.41) is 12.5. The van der Waals surface area contributed by atoms with E-state index in [2.05, 4.69) is 16.4 Å². The second-order valence-electron chi connectivity index (χ2n) is 7.75. The molecule has 1 aliphatic rings. The second kappa shape index (κ2) is 10.1. The average molecular weight is 476 g/mol. The van der Waals surface area contributed by atoms with E-state index in [9.17, 15) is 18.0 Å². The number of thiazole rings is 1. The van der Waals surface area contributed by atoms with Crippen molar-refractivity contribution in [3.63, 3.8) is 0 Å². The molecule has 0 radical (unpaired) electrons. The first kappa shape index (κ1) is 23.7. The van der Waals surface area contributed by atoms with Crippen LogP contribution in [0.25, 0.3) is 0 Å². The fourth-order valence-electron chi connectivity index (χ4n) is 3.57. The number of hydrogen-bond acceptors (Lipinski definition) is 8. The van der Waals surface area contributed by atoms with Crippen LogP contribution in [-0.4, -0.2) is 44.1 Å². The van der Waals surface area contributed by atoms with E-state index >= 15 is 0 Å². The molecule has 170 valence electrons. The lowest BCUT2D eigenvalue weighted by Crippen LogP contribution is -2.41. The van der Waals surface area contributed by atoms with Gasteiger partial charge in [-0.15, -0.1) is 11.3 Å². The number of amides is 2. The molecular weight excluding hydrogens is 450 g/mol. The van der Waals surface area contributed by atoms with Crippen LogP contribution in [0.2, 0.25) is 0 Å². The minimum Gasteiger partial charge on any atom is -0.352 e. The van der Waals surface area contributed by atoms with Gasteiger partial charge in [0.2, 0.25) is 15.9 Å². The van der Waals surface area contributed by atoms with Gasteiger partial charge in [-0.2, -0.15) is 5.26 Å². The van der Waals surface area contributed by atoms with Gasteiger partial charge in [0.25, 0.3) is 5.91 Å². The summed E-state index contributed by atoms with van der Waals surface area (Å²) >= 11 is 1.18. The fourth-order valence-corrected chi connectivity index (χ4v) is 4.93. The van der Waals surface area contributed by atoms with Crippen molar-refractivity contribution in [3.8, 4) is 6.07 Å². The van der Waals surface area contributed by atoms with Crippen molar-refractivity contribution < 1.29 is 18.0 Å². The van der Waals surface area contributed by atoms with Crippen molar-refractivity contribution >= 4 is 44.0 Å². The molecule has 2 aromatic rings. The highest BCUT2D eigenvalue weighted by molar-refractivity contribution is 7.89. The molecule has 0 saturated heterocycles. The summed E-state index contributed by atoms with van der Waals surface area (Å²) in [6.07, 6.45) is 6.17. The first-order valence-electron chi connectivity index (χ1n) is 10.2. The lowest BCUT2D eigenvalue weighted by atomic mass is 9.95. The Bertz CT molecular complexity index is 1130. The van der Waals surface area contributed by atoms with Gasteiger partial charge in [0, 0.05) is 16.6 Å². The van der Waals surface area contributed by atoms with E-state index in [4.69, 9.17) is 5.26 Å².